The van der Waals surface area contributed by atoms with Gasteiger partial charge in [-0.3, -0.25) is 9.69 Å². The number of nitrogens with two attached hydrogens (primary N) is 2. The molecule has 10 nitrogen and oxygen atoms in total. The molecule has 1 aromatic rings. The monoisotopic (exact) mass is 639 g/mol. The van der Waals surface area contributed by atoms with Gasteiger partial charge in [0, 0.05) is 61.4 Å². The van der Waals surface area contributed by atoms with Gasteiger partial charge in [-0.15, -0.1) is 4.40 Å². The molecule has 0 aromatic heterocycles. The maximum absolute atomic E-state index is 13.2. The number of hydrogen-bond donors (Lipinski definition) is 3. The topological polar surface area (TPSA) is 137 Å². The minimum Gasteiger partial charge on any atom is -0.382 e. The van der Waals surface area contributed by atoms with E-state index >= 15 is 0 Å². The Kier molecular flexibility index (Phi) is 8.58. The number of halogens is 2. The minimum absolute atomic E-state index is 0.0888. The van der Waals surface area contributed by atoms with Crippen LogP contribution >= 0.6 is 27.5 Å². The Hall–Kier alpha value is -2.12. The SMILES string of the molecule is N/C(=N\S(N)(=O)=O)N1CCC(CC(=O)N2CCN(C3c4ccc(Cl)cc4CCC4=CC(Br)=CNC43)CC2)CC1. The summed E-state index contributed by atoms with van der Waals surface area (Å²) < 4.78 is 26.8. The number of amides is 1. The van der Waals surface area contributed by atoms with E-state index in [4.69, 9.17) is 22.5 Å². The predicted octanol–water partition coefficient (Wildman–Crippen LogP) is 2.23. The summed E-state index contributed by atoms with van der Waals surface area (Å²) >= 11 is 10.00. The molecule has 0 radical (unpaired) electrons. The fourth-order valence-electron chi connectivity index (χ4n) is 6.23. The van der Waals surface area contributed by atoms with Crippen LogP contribution in [0.2, 0.25) is 5.02 Å². The minimum atomic E-state index is -4.02. The van der Waals surface area contributed by atoms with Crippen LogP contribution in [0.4, 0.5) is 0 Å². The van der Waals surface area contributed by atoms with Crippen molar-refractivity contribution in [2.75, 3.05) is 39.3 Å². The zero-order valence-electron chi connectivity index (χ0n) is 21.7. The molecule has 0 saturated carbocycles. The molecule has 2 unspecified atom stereocenters. The van der Waals surface area contributed by atoms with Crippen LogP contribution in [0.15, 0.2) is 44.9 Å². The lowest BCUT2D eigenvalue weighted by molar-refractivity contribution is -0.134. The third-order valence-corrected chi connectivity index (χ3v) is 9.36. The molecule has 0 bridgehead atoms. The molecular formula is C26H35BrClN7O3S. The van der Waals surface area contributed by atoms with E-state index in [1.54, 1.807) is 4.90 Å². The number of guanidine groups is 1. The largest absolute Gasteiger partial charge is 0.382 e. The Labute approximate surface area is 243 Å². The van der Waals surface area contributed by atoms with Gasteiger partial charge in [-0.1, -0.05) is 17.7 Å². The van der Waals surface area contributed by atoms with E-state index in [0.29, 0.717) is 32.6 Å². The number of benzene rings is 1. The summed E-state index contributed by atoms with van der Waals surface area (Å²) in [5.41, 5.74) is 9.76. The standard InChI is InChI=1S/C26H35BrClN7O3S/c27-20-14-19-2-1-18-15-21(28)3-4-22(18)25(24(19)31-16-20)34-11-9-33(10-12-34)23(36)13-17-5-7-35(8-6-17)26(29)32-39(30,37)38/h3-4,14-17,24-25,31H,1-2,5-13H2,(H2,29,32)(H2,30,37,38). The maximum atomic E-state index is 13.2. The lowest BCUT2D eigenvalue weighted by atomic mass is 9.90. The van der Waals surface area contributed by atoms with Crippen LogP contribution in [0.1, 0.15) is 42.9 Å². The Morgan fingerprint density at radius 1 is 1.10 bits per heavy atom. The molecule has 212 valence electrons. The fraction of sp³-hybridized carbons (Fsp3) is 0.538. The molecule has 3 aliphatic heterocycles. The van der Waals surface area contributed by atoms with Gasteiger partial charge in [-0.2, -0.15) is 8.42 Å². The van der Waals surface area contributed by atoms with Crippen molar-refractivity contribution in [1.82, 2.24) is 20.0 Å². The number of nitrogens with one attached hydrogen (secondary N) is 1. The highest BCUT2D eigenvalue weighted by Gasteiger charge is 2.38. The second-order valence-electron chi connectivity index (χ2n) is 10.7. The molecule has 1 aromatic carbocycles. The van der Waals surface area contributed by atoms with Crippen LogP contribution in [0.25, 0.3) is 0 Å². The first-order valence-electron chi connectivity index (χ1n) is 13.3. The van der Waals surface area contributed by atoms with Gasteiger partial charge in [0.25, 0.3) is 0 Å². The molecule has 0 spiro atoms. The number of nitrogens with zero attached hydrogens (tertiary/aromatic N) is 4. The number of fused-ring (bicyclic) bond motifs is 2. The van der Waals surface area contributed by atoms with Gasteiger partial charge in [0.2, 0.25) is 11.9 Å². The molecule has 2 saturated heterocycles. The number of aryl methyl sites for hydroxylation is 1. The molecule has 4 aliphatic rings. The van der Waals surface area contributed by atoms with E-state index in [1.807, 2.05) is 17.2 Å². The Morgan fingerprint density at radius 2 is 1.82 bits per heavy atom. The number of allylic oxidation sites excluding steroid dienone is 2. The van der Waals surface area contributed by atoms with Crippen molar-refractivity contribution in [3.05, 3.63) is 56.7 Å². The van der Waals surface area contributed by atoms with Crippen LogP contribution < -0.4 is 16.2 Å². The maximum Gasteiger partial charge on any atom is 0.320 e. The van der Waals surface area contributed by atoms with Crippen LogP contribution in [0.5, 0.6) is 0 Å². The van der Waals surface area contributed by atoms with Crippen molar-refractivity contribution in [2.45, 2.75) is 44.2 Å². The van der Waals surface area contributed by atoms with E-state index in [1.165, 1.54) is 16.7 Å². The average Bonchev–Trinajstić information content (AvgIpc) is 3.04. The van der Waals surface area contributed by atoms with Gasteiger partial charge < -0.3 is 20.9 Å². The number of piperazine rings is 1. The Morgan fingerprint density at radius 3 is 2.51 bits per heavy atom. The number of likely N-dealkylation sites (tertiary alicyclic amines) is 1. The summed E-state index contributed by atoms with van der Waals surface area (Å²) in [4.78, 5) is 19.4. The van der Waals surface area contributed by atoms with E-state index in [0.717, 1.165) is 48.3 Å². The van der Waals surface area contributed by atoms with Gasteiger partial charge in [0.15, 0.2) is 0 Å². The molecule has 3 heterocycles. The number of piperidine rings is 1. The lowest BCUT2D eigenvalue weighted by Crippen LogP contribution is -2.54. The van der Waals surface area contributed by atoms with Crippen molar-refractivity contribution in [3.63, 3.8) is 0 Å². The summed E-state index contributed by atoms with van der Waals surface area (Å²) in [7, 11) is -4.02. The zero-order valence-corrected chi connectivity index (χ0v) is 24.9. The van der Waals surface area contributed by atoms with Crippen molar-refractivity contribution in [3.8, 4) is 0 Å². The Balaban J connectivity index is 1.20. The van der Waals surface area contributed by atoms with E-state index in [9.17, 15) is 13.2 Å². The summed E-state index contributed by atoms with van der Waals surface area (Å²) in [6.07, 6.45) is 8.18. The van der Waals surface area contributed by atoms with Crippen molar-refractivity contribution >= 4 is 49.6 Å². The highest BCUT2D eigenvalue weighted by Crippen LogP contribution is 2.39. The first-order valence-corrected chi connectivity index (χ1v) is 16.0. The molecule has 1 amide bonds. The van der Waals surface area contributed by atoms with Gasteiger partial charge in [0.05, 0.1) is 12.1 Å². The number of carbonyl (C=O) groups is 1. The lowest BCUT2D eigenvalue weighted by Gasteiger charge is -2.44. The number of carbonyl (C=O) groups excluding carboxylic acids is 1. The van der Waals surface area contributed by atoms with Crippen LogP contribution in [0.3, 0.4) is 0 Å². The van der Waals surface area contributed by atoms with Gasteiger partial charge >= 0.3 is 10.2 Å². The van der Waals surface area contributed by atoms with Crippen molar-refractivity contribution < 1.29 is 13.2 Å². The van der Waals surface area contributed by atoms with E-state index in [2.05, 4.69) is 48.8 Å². The number of hydrogen-bond acceptors (Lipinski definition) is 5. The first-order chi connectivity index (χ1) is 18.6. The smallest absolute Gasteiger partial charge is 0.320 e. The van der Waals surface area contributed by atoms with Crippen molar-refractivity contribution in [1.29, 1.82) is 0 Å². The molecule has 5 rings (SSSR count). The Bertz CT molecular complexity index is 1300. The molecule has 5 N–H and O–H groups in total. The third-order valence-electron chi connectivity index (χ3n) is 8.23. The number of rotatable bonds is 4. The molecule has 2 atom stereocenters. The van der Waals surface area contributed by atoms with E-state index in [-0.39, 0.29) is 29.9 Å². The summed E-state index contributed by atoms with van der Waals surface area (Å²) in [5, 5.41) is 9.35. The molecule has 1 aliphatic carbocycles. The van der Waals surface area contributed by atoms with Gasteiger partial charge in [-0.05, 0) is 82.4 Å². The molecular weight excluding hydrogens is 606 g/mol. The zero-order chi connectivity index (χ0) is 27.7. The second-order valence-corrected chi connectivity index (χ2v) is 13.3. The fourth-order valence-corrected chi connectivity index (χ4v) is 7.23. The summed E-state index contributed by atoms with van der Waals surface area (Å²) in [6, 6.07) is 6.59. The molecule has 13 heteroatoms. The average molecular weight is 641 g/mol. The van der Waals surface area contributed by atoms with Gasteiger partial charge in [0.1, 0.15) is 0 Å². The van der Waals surface area contributed by atoms with Crippen LogP contribution in [-0.2, 0) is 21.4 Å². The van der Waals surface area contributed by atoms with Gasteiger partial charge in [-0.25, -0.2) is 5.14 Å². The quantitative estimate of drug-likeness (QED) is 0.339. The molecule has 2 fully saturated rings. The summed E-state index contributed by atoms with van der Waals surface area (Å²) in [6.45, 7) is 4.08. The highest BCUT2D eigenvalue weighted by molar-refractivity contribution is 9.11. The predicted molar refractivity (Wildman–Crippen MR) is 156 cm³/mol. The molecule has 39 heavy (non-hydrogen) atoms. The van der Waals surface area contributed by atoms with Crippen LogP contribution in [-0.4, -0.2) is 80.3 Å². The third kappa shape index (κ3) is 6.79. The highest BCUT2D eigenvalue weighted by atomic mass is 79.9. The van der Waals surface area contributed by atoms with E-state index < -0.39 is 10.2 Å². The van der Waals surface area contributed by atoms with Crippen molar-refractivity contribution in [2.24, 2.45) is 21.2 Å². The van der Waals surface area contributed by atoms with Crippen LogP contribution in [0, 0.1) is 5.92 Å². The number of dihydropyridines is 1. The second kappa shape index (κ2) is 11.8. The first kappa shape index (κ1) is 28.4. The summed E-state index contributed by atoms with van der Waals surface area (Å²) in [5.74, 6) is 0.321. The normalized spacial score (nSPS) is 25.2.